The maximum atomic E-state index is 12.8. The second kappa shape index (κ2) is 8.03. The molecule has 0 N–H and O–H groups in total. The SMILES string of the molecule is Cc1c(Oc2ccc(C#N)cc2Cl)ncnc1OC1CC2C=CC(C1)N2S(=O)(=O)C1CC1. The fourth-order valence-electron chi connectivity index (χ4n) is 4.24. The Hall–Kier alpha value is -2.67. The zero-order chi connectivity index (χ0) is 22.5. The lowest BCUT2D eigenvalue weighted by molar-refractivity contribution is 0.0979. The van der Waals surface area contributed by atoms with E-state index in [1.54, 1.807) is 23.4 Å². The minimum atomic E-state index is -3.24. The molecule has 32 heavy (non-hydrogen) atoms. The highest BCUT2D eigenvalue weighted by atomic mass is 35.5. The third-order valence-electron chi connectivity index (χ3n) is 5.99. The number of hydrogen-bond acceptors (Lipinski definition) is 7. The summed E-state index contributed by atoms with van der Waals surface area (Å²) in [6.07, 6.45) is 7.78. The third kappa shape index (κ3) is 3.83. The number of aromatic nitrogens is 2. The van der Waals surface area contributed by atoms with Crippen LogP contribution >= 0.6 is 11.6 Å². The summed E-state index contributed by atoms with van der Waals surface area (Å²) < 4.78 is 39.3. The van der Waals surface area contributed by atoms with Gasteiger partial charge in [-0.1, -0.05) is 23.8 Å². The van der Waals surface area contributed by atoms with Crippen LogP contribution < -0.4 is 9.47 Å². The van der Waals surface area contributed by atoms with E-state index in [1.165, 1.54) is 12.4 Å². The van der Waals surface area contributed by atoms with Crippen LogP contribution in [0.1, 0.15) is 36.8 Å². The molecule has 0 amide bonds. The van der Waals surface area contributed by atoms with Gasteiger partial charge in [0.25, 0.3) is 0 Å². The van der Waals surface area contributed by atoms with E-state index in [0.29, 0.717) is 46.5 Å². The Balaban J connectivity index is 1.31. The lowest BCUT2D eigenvalue weighted by Gasteiger charge is -2.38. The van der Waals surface area contributed by atoms with Crippen molar-refractivity contribution in [2.45, 2.75) is 56.0 Å². The first-order chi connectivity index (χ1) is 15.4. The van der Waals surface area contributed by atoms with Crippen molar-refractivity contribution in [1.82, 2.24) is 14.3 Å². The molecule has 2 aliphatic heterocycles. The number of rotatable bonds is 6. The fraction of sp³-hybridized carbons (Fsp3) is 0.409. The van der Waals surface area contributed by atoms with E-state index in [1.807, 2.05) is 18.2 Å². The Kier molecular flexibility index (Phi) is 5.32. The van der Waals surface area contributed by atoms with Crippen LogP contribution in [0.3, 0.4) is 0 Å². The van der Waals surface area contributed by atoms with Crippen LogP contribution in [0.15, 0.2) is 36.7 Å². The Morgan fingerprint density at radius 2 is 1.84 bits per heavy atom. The average molecular weight is 473 g/mol. The number of sulfonamides is 1. The van der Waals surface area contributed by atoms with Crippen molar-refractivity contribution in [2.24, 2.45) is 0 Å². The first kappa shape index (κ1) is 21.2. The van der Waals surface area contributed by atoms with Crippen LogP contribution in [0.2, 0.25) is 5.02 Å². The largest absolute Gasteiger partial charge is 0.474 e. The Labute approximate surface area is 191 Å². The predicted octanol–water partition coefficient (Wildman–Crippen LogP) is 3.74. The van der Waals surface area contributed by atoms with Crippen LogP contribution in [0.5, 0.6) is 17.5 Å². The molecule has 3 heterocycles. The minimum absolute atomic E-state index is 0.175. The summed E-state index contributed by atoms with van der Waals surface area (Å²) in [5.74, 6) is 1.07. The van der Waals surface area contributed by atoms with Gasteiger partial charge in [-0.15, -0.1) is 0 Å². The Bertz CT molecular complexity index is 1220. The highest BCUT2D eigenvalue weighted by molar-refractivity contribution is 7.90. The second-order valence-corrected chi connectivity index (χ2v) is 10.8. The number of fused-ring (bicyclic) bond motifs is 2. The molecule has 0 spiro atoms. The highest BCUT2D eigenvalue weighted by Crippen LogP contribution is 2.41. The quantitative estimate of drug-likeness (QED) is 0.589. The summed E-state index contributed by atoms with van der Waals surface area (Å²) in [6, 6.07) is 6.42. The topological polar surface area (TPSA) is 105 Å². The van der Waals surface area contributed by atoms with Crippen molar-refractivity contribution in [1.29, 1.82) is 5.26 Å². The lowest BCUT2D eigenvalue weighted by atomic mass is 10.0. The molecule has 2 atom stereocenters. The molecular weight excluding hydrogens is 452 g/mol. The average Bonchev–Trinajstić information content (AvgIpc) is 3.58. The monoisotopic (exact) mass is 472 g/mol. The first-order valence-electron chi connectivity index (χ1n) is 10.4. The van der Waals surface area contributed by atoms with Gasteiger partial charge in [0, 0.05) is 24.9 Å². The van der Waals surface area contributed by atoms with Gasteiger partial charge in [-0.3, -0.25) is 0 Å². The fourth-order valence-corrected chi connectivity index (χ4v) is 6.60. The molecule has 2 bridgehead atoms. The molecule has 5 rings (SSSR count). The van der Waals surface area contributed by atoms with E-state index in [-0.39, 0.29) is 23.4 Å². The standard InChI is InChI=1S/C22H21ClN4O4S/c1-13-21(25-12-26-22(13)31-20-7-2-14(11-24)8-19(20)23)30-17-9-15-3-4-16(10-17)27(15)32(28,29)18-5-6-18/h2-4,7-8,12,15-18H,5-6,9-10H2,1H3. The van der Waals surface area contributed by atoms with E-state index in [4.69, 9.17) is 26.3 Å². The Morgan fingerprint density at radius 1 is 1.16 bits per heavy atom. The summed E-state index contributed by atoms with van der Waals surface area (Å²) in [6.45, 7) is 1.79. The normalized spacial score (nSPS) is 24.8. The molecule has 1 aromatic heterocycles. The van der Waals surface area contributed by atoms with Crippen LogP contribution in [-0.4, -0.2) is 46.1 Å². The number of nitriles is 1. The van der Waals surface area contributed by atoms with E-state index >= 15 is 0 Å². The molecule has 3 aliphatic rings. The zero-order valence-corrected chi connectivity index (χ0v) is 18.9. The molecule has 10 heteroatoms. The summed E-state index contributed by atoms with van der Waals surface area (Å²) in [5.41, 5.74) is 1.05. The predicted molar refractivity (Wildman–Crippen MR) is 117 cm³/mol. The van der Waals surface area contributed by atoms with Gasteiger partial charge in [-0.25, -0.2) is 18.4 Å². The van der Waals surface area contributed by atoms with E-state index in [9.17, 15) is 8.42 Å². The molecule has 1 aliphatic carbocycles. The minimum Gasteiger partial charge on any atom is -0.474 e. The molecule has 1 saturated heterocycles. The second-order valence-electron chi connectivity index (χ2n) is 8.27. The molecular formula is C22H21ClN4O4S. The molecule has 166 valence electrons. The summed E-state index contributed by atoms with van der Waals surface area (Å²) in [5, 5.41) is 9.07. The summed E-state index contributed by atoms with van der Waals surface area (Å²) in [4.78, 5) is 8.45. The van der Waals surface area contributed by atoms with Gasteiger partial charge in [0.15, 0.2) is 0 Å². The smallest absolute Gasteiger partial charge is 0.229 e. The molecule has 1 aromatic carbocycles. The zero-order valence-electron chi connectivity index (χ0n) is 17.3. The molecule has 2 aromatic rings. The van der Waals surface area contributed by atoms with Crippen LogP contribution in [-0.2, 0) is 10.0 Å². The number of halogens is 1. The van der Waals surface area contributed by atoms with E-state index < -0.39 is 10.0 Å². The highest BCUT2D eigenvalue weighted by Gasteiger charge is 2.50. The molecule has 0 radical (unpaired) electrons. The van der Waals surface area contributed by atoms with Gasteiger partial charge in [0.05, 0.1) is 27.5 Å². The van der Waals surface area contributed by atoms with Gasteiger partial charge < -0.3 is 9.47 Å². The van der Waals surface area contributed by atoms with Crippen molar-refractivity contribution in [3.8, 4) is 23.6 Å². The first-order valence-corrected chi connectivity index (χ1v) is 12.3. The summed E-state index contributed by atoms with van der Waals surface area (Å²) in [7, 11) is -3.24. The molecule has 2 fully saturated rings. The lowest BCUT2D eigenvalue weighted by Crippen LogP contribution is -2.50. The van der Waals surface area contributed by atoms with E-state index in [2.05, 4.69) is 9.97 Å². The van der Waals surface area contributed by atoms with Gasteiger partial charge in [0.1, 0.15) is 18.2 Å². The van der Waals surface area contributed by atoms with Gasteiger partial charge in [0.2, 0.25) is 21.8 Å². The van der Waals surface area contributed by atoms with Gasteiger partial charge >= 0.3 is 0 Å². The molecule has 2 unspecified atom stereocenters. The molecule has 1 saturated carbocycles. The maximum Gasteiger partial charge on any atom is 0.229 e. The van der Waals surface area contributed by atoms with Crippen molar-refractivity contribution < 1.29 is 17.9 Å². The van der Waals surface area contributed by atoms with Crippen LogP contribution in [0.4, 0.5) is 0 Å². The van der Waals surface area contributed by atoms with Crippen molar-refractivity contribution in [2.75, 3.05) is 0 Å². The number of ether oxygens (including phenoxy) is 2. The Morgan fingerprint density at radius 3 is 2.47 bits per heavy atom. The van der Waals surface area contributed by atoms with Crippen molar-refractivity contribution in [3.63, 3.8) is 0 Å². The van der Waals surface area contributed by atoms with E-state index in [0.717, 1.165) is 12.8 Å². The van der Waals surface area contributed by atoms with Gasteiger partial charge in [-0.05, 0) is 38.0 Å². The van der Waals surface area contributed by atoms with Crippen LogP contribution in [0.25, 0.3) is 0 Å². The number of piperidine rings is 1. The summed E-state index contributed by atoms with van der Waals surface area (Å²) >= 11 is 6.21. The number of hydrogen-bond donors (Lipinski definition) is 0. The van der Waals surface area contributed by atoms with Crippen molar-refractivity contribution in [3.05, 3.63) is 52.8 Å². The molecule has 8 nitrogen and oxygen atoms in total. The van der Waals surface area contributed by atoms with Crippen LogP contribution in [0, 0.1) is 18.3 Å². The van der Waals surface area contributed by atoms with Crippen molar-refractivity contribution >= 4 is 21.6 Å². The maximum absolute atomic E-state index is 12.8. The third-order valence-corrected chi connectivity index (χ3v) is 8.73. The number of nitrogens with zero attached hydrogens (tertiary/aromatic N) is 4. The van der Waals surface area contributed by atoms with Gasteiger partial charge in [-0.2, -0.15) is 9.57 Å². The number of benzene rings is 1.